The molecule has 0 bridgehead atoms. The van der Waals surface area contributed by atoms with Crippen LogP contribution in [0.3, 0.4) is 0 Å². The summed E-state index contributed by atoms with van der Waals surface area (Å²) in [5.41, 5.74) is 0.478. The molecule has 1 aromatic rings. The van der Waals surface area contributed by atoms with Crippen molar-refractivity contribution in [2.24, 2.45) is 5.14 Å². The van der Waals surface area contributed by atoms with Crippen LogP contribution in [0.15, 0.2) is 24.3 Å². The van der Waals surface area contributed by atoms with Gasteiger partial charge in [-0.3, -0.25) is 0 Å². The van der Waals surface area contributed by atoms with Gasteiger partial charge >= 0.3 is 6.09 Å². The van der Waals surface area contributed by atoms with Crippen LogP contribution in [0.5, 0.6) is 0 Å². The van der Waals surface area contributed by atoms with E-state index in [4.69, 9.17) is 21.8 Å². The van der Waals surface area contributed by atoms with Crippen molar-refractivity contribution < 1.29 is 18.3 Å². The number of hydrogen-bond acceptors (Lipinski definition) is 3. The number of carbonyl (C=O) groups is 1. The third-order valence-corrected chi connectivity index (χ3v) is 3.02. The lowest BCUT2D eigenvalue weighted by atomic mass is 10.1. The van der Waals surface area contributed by atoms with Crippen LogP contribution in [-0.4, -0.2) is 25.4 Å². The molecule has 0 aliphatic heterocycles. The van der Waals surface area contributed by atoms with E-state index in [1.54, 1.807) is 0 Å². The van der Waals surface area contributed by atoms with E-state index in [9.17, 15) is 13.2 Å². The highest BCUT2D eigenvalue weighted by Gasteiger charge is 2.19. The van der Waals surface area contributed by atoms with E-state index in [2.05, 4.69) is 5.32 Å². The van der Waals surface area contributed by atoms with E-state index in [0.29, 0.717) is 10.6 Å². The zero-order valence-corrected chi connectivity index (χ0v) is 10.2. The van der Waals surface area contributed by atoms with Crippen molar-refractivity contribution in [3.8, 4) is 0 Å². The fourth-order valence-corrected chi connectivity index (χ4v) is 2.16. The van der Waals surface area contributed by atoms with E-state index >= 15 is 0 Å². The molecule has 17 heavy (non-hydrogen) atoms. The summed E-state index contributed by atoms with van der Waals surface area (Å²) in [6.07, 6.45) is -1.33. The quantitative estimate of drug-likeness (QED) is 0.761. The molecule has 4 N–H and O–H groups in total. The van der Waals surface area contributed by atoms with Gasteiger partial charge in [0.25, 0.3) is 0 Å². The average molecular weight is 279 g/mol. The monoisotopic (exact) mass is 278 g/mol. The summed E-state index contributed by atoms with van der Waals surface area (Å²) in [6.45, 7) is 0. The highest BCUT2D eigenvalue weighted by Crippen LogP contribution is 2.17. The maximum Gasteiger partial charge on any atom is 0.405 e. The van der Waals surface area contributed by atoms with Gasteiger partial charge in [-0.1, -0.05) is 23.7 Å². The highest BCUT2D eigenvalue weighted by atomic mass is 35.5. The third kappa shape index (κ3) is 5.03. The van der Waals surface area contributed by atoms with Crippen molar-refractivity contribution in [1.82, 2.24) is 5.32 Å². The first-order valence-corrected chi connectivity index (χ1v) is 6.62. The van der Waals surface area contributed by atoms with Crippen molar-refractivity contribution in [3.05, 3.63) is 34.9 Å². The van der Waals surface area contributed by atoms with Crippen molar-refractivity contribution in [2.75, 3.05) is 5.75 Å². The van der Waals surface area contributed by atoms with E-state index in [0.717, 1.165) is 0 Å². The average Bonchev–Trinajstić information content (AvgIpc) is 2.14. The number of carboxylic acid groups (broad SMARTS) is 1. The molecule has 0 spiro atoms. The van der Waals surface area contributed by atoms with E-state index in [1.165, 1.54) is 24.3 Å². The number of nitrogens with two attached hydrogens (primary N) is 1. The first-order chi connectivity index (χ1) is 7.78. The molecule has 1 atom stereocenters. The minimum absolute atomic E-state index is 0.471. The Hall–Kier alpha value is -1.31. The number of amides is 1. The highest BCUT2D eigenvalue weighted by molar-refractivity contribution is 7.89. The Balaban J connectivity index is 2.97. The van der Waals surface area contributed by atoms with Gasteiger partial charge in [0.05, 0.1) is 11.8 Å². The van der Waals surface area contributed by atoms with Crippen molar-refractivity contribution >= 4 is 27.7 Å². The van der Waals surface area contributed by atoms with Gasteiger partial charge in [-0.25, -0.2) is 18.4 Å². The molecule has 0 aromatic heterocycles. The molecule has 0 fully saturated rings. The summed E-state index contributed by atoms with van der Waals surface area (Å²) in [5, 5.41) is 16.1. The molecular weight excluding hydrogens is 268 g/mol. The number of halogens is 1. The van der Waals surface area contributed by atoms with Crippen LogP contribution in [0.4, 0.5) is 4.79 Å². The summed E-state index contributed by atoms with van der Waals surface area (Å²) >= 11 is 5.68. The summed E-state index contributed by atoms with van der Waals surface area (Å²) in [5.74, 6) is -0.513. The smallest absolute Gasteiger partial charge is 0.405 e. The molecule has 1 aromatic carbocycles. The van der Waals surface area contributed by atoms with Gasteiger partial charge in [-0.05, 0) is 17.7 Å². The fraction of sp³-hybridized carbons (Fsp3) is 0.222. The van der Waals surface area contributed by atoms with Crippen LogP contribution in [0.25, 0.3) is 0 Å². The summed E-state index contributed by atoms with van der Waals surface area (Å²) < 4.78 is 22.0. The third-order valence-electron chi connectivity index (χ3n) is 1.97. The van der Waals surface area contributed by atoms with Crippen LogP contribution >= 0.6 is 11.6 Å². The second-order valence-electron chi connectivity index (χ2n) is 3.38. The molecule has 0 saturated heterocycles. The first kappa shape index (κ1) is 13.8. The molecule has 1 rings (SSSR count). The standard InChI is InChI=1S/C9H11ClN2O4S/c10-7-3-1-6(2-4-7)8(12-9(13)14)5-17(11,15)16/h1-4,8,12H,5H2,(H,13,14)(H2,11,15,16). The molecule has 1 unspecified atom stereocenters. The Kier molecular flexibility index (Phi) is 4.33. The zero-order chi connectivity index (χ0) is 13.1. The molecule has 0 aliphatic carbocycles. The Bertz CT molecular complexity index is 500. The van der Waals surface area contributed by atoms with Crippen LogP contribution in [-0.2, 0) is 10.0 Å². The van der Waals surface area contributed by atoms with Crippen molar-refractivity contribution in [3.63, 3.8) is 0 Å². The van der Waals surface area contributed by atoms with E-state index in [-0.39, 0.29) is 0 Å². The molecule has 1 amide bonds. The number of sulfonamides is 1. The predicted octanol–water partition coefficient (Wildman–Crippen LogP) is 0.937. The van der Waals surface area contributed by atoms with Crippen molar-refractivity contribution in [2.45, 2.75) is 6.04 Å². The van der Waals surface area contributed by atoms with Crippen LogP contribution in [0, 0.1) is 0 Å². The molecule has 0 heterocycles. The minimum atomic E-state index is -3.79. The van der Waals surface area contributed by atoms with Gasteiger partial charge in [0.1, 0.15) is 0 Å². The Morgan fingerprint density at radius 2 is 1.94 bits per heavy atom. The summed E-state index contributed by atoms with van der Waals surface area (Å²) in [6, 6.07) is 5.23. The lowest BCUT2D eigenvalue weighted by Crippen LogP contribution is -2.34. The van der Waals surface area contributed by atoms with Crippen LogP contribution in [0.2, 0.25) is 5.02 Å². The lowest BCUT2D eigenvalue weighted by molar-refractivity contribution is 0.191. The predicted molar refractivity (Wildman–Crippen MR) is 63.3 cm³/mol. The number of nitrogens with one attached hydrogen (secondary N) is 1. The molecular formula is C9H11ClN2O4S. The number of benzene rings is 1. The SMILES string of the molecule is NS(=O)(=O)CC(NC(=O)O)c1ccc(Cl)cc1. The van der Waals surface area contributed by atoms with Gasteiger partial charge in [0, 0.05) is 5.02 Å². The Labute approximate surface area is 103 Å². The largest absolute Gasteiger partial charge is 0.465 e. The minimum Gasteiger partial charge on any atom is -0.465 e. The van der Waals surface area contributed by atoms with Gasteiger partial charge in [0.15, 0.2) is 0 Å². The molecule has 94 valence electrons. The van der Waals surface area contributed by atoms with Gasteiger partial charge in [0.2, 0.25) is 10.0 Å². The molecule has 6 nitrogen and oxygen atoms in total. The lowest BCUT2D eigenvalue weighted by Gasteiger charge is -2.16. The Morgan fingerprint density at radius 1 is 1.41 bits per heavy atom. The Morgan fingerprint density at radius 3 is 2.35 bits per heavy atom. The second kappa shape index (κ2) is 5.35. The topological polar surface area (TPSA) is 109 Å². The zero-order valence-electron chi connectivity index (χ0n) is 8.63. The number of rotatable bonds is 4. The van der Waals surface area contributed by atoms with Gasteiger partial charge in [-0.15, -0.1) is 0 Å². The molecule has 0 radical (unpaired) electrons. The van der Waals surface area contributed by atoms with Crippen LogP contribution in [0.1, 0.15) is 11.6 Å². The van der Waals surface area contributed by atoms with Gasteiger partial charge in [-0.2, -0.15) is 0 Å². The molecule has 0 saturated carbocycles. The molecule has 0 aliphatic rings. The summed E-state index contributed by atoms with van der Waals surface area (Å²) in [4.78, 5) is 10.6. The molecule has 8 heteroatoms. The fourth-order valence-electron chi connectivity index (χ4n) is 1.30. The maximum atomic E-state index is 11.0. The number of primary sulfonamides is 1. The normalized spacial score (nSPS) is 13.1. The van der Waals surface area contributed by atoms with E-state index in [1.807, 2.05) is 0 Å². The van der Waals surface area contributed by atoms with Crippen molar-refractivity contribution in [1.29, 1.82) is 0 Å². The maximum absolute atomic E-state index is 11.0. The van der Waals surface area contributed by atoms with Gasteiger partial charge < -0.3 is 10.4 Å². The summed E-state index contributed by atoms with van der Waals surface area (Å²) in [7, 11) is -3.79. The second-order valence-corrected chi connectivity index (χ2v) is 5.48. The van der Waals surface area contributed by atoms with E-state index < -0.39 is 27.9 Å². The number of hydrogen-bond donors (Lipinski definition) is 3. The van der Waals surface area contributed by atoms with Crippen LogP contribution < -0.4 is 10.5 Å². The first-order valence-electron chi connectivity index (χ1n) is 4.53.